The molecule has 0 rings (SSSR count). The molecule has 0 aromatic heterocycles. The SMILES string of the molecule is CCOC(=O)[CH2][Sn+2][CH2]C(=O)OCC. The summed E-state index contributed by atoms with van der Waals surface area (Å²) in [6.07, 6.45) is 0. The molecule has 0 spiro atoms. The standard InChI is InChI=1S/2C4H7O2.Sn/c2*1-3-6-4(2)5;/h2*2-3H2,1H3;/q;;+2. The van der Waals surface area contributed by atoms with Crippen molar-refractivity contribution in [1.29, 1.82) is 0 Å². The summed E-state index contributed by atoms with van der Waals surface area (Å²) in [5.74, 6) is -0.364. The van der Waals surface area contributed by atoms with Gasteiger partial charge in [-0.1, -0.05) is 0 Å². The summed E-state index contributed by atoms with van der Waals surface area (Å²) in [7, 11) is 0. The molecule has 0 aliphatic rings. The molecule has 5 heteroatoms. The molecular formula is C8H14O4Sn+2. The van der Waals surface area contributed by atoms with Gasteiger partial charge in [-0.05, 0) is 0 Å². The van der Waals surface area contributed by atoms with Crippen LogP contribution in [0.15, 0.2) is 0 Å². The summed E-state index contributed by atoms with van der Waals surface area (Å²) < 4.78 is 10.4. The zero-order chi connectivity index (χ0) is 10.1. The summed E-state index contributed by atoms with van der Waals surface area (Å²) in [6, 6.07) is 0. The molecule has 0 bridgehead atoms. The first-order chi connectivity index (χ1) is 6.20. The van der Waals surface area contributed by atoms with Crippen molar-refractivity contribution in [2.24, 2.45) is 0 Å². The average molecular weight is 293 g/mol. The van der Waals surface area contributed by atoms with E-state index in [1.165, 1.54) is 0 Å². The molecule has 0 amide bonds. The Morgan fingerprint density at radius 2 is 1.38 bits per heavy atom. The molecule has 0 saturated heterocycles. The molecule has 0 saturated carbocycles. The third-order valence-corrected chi connectivity index (χ3v) is 4.22. The van der Waals surface area contributed by atoms with Crippen molar-refractivity contribution in [2.75, 3.05) is 13.2 Å². The van der Waals surface area contributed by atoms with Gasteiger partial charge in [0.1, 0.15) is 0 Å². The summed E-state index contributed by atoms with van der Waals surface area (Å²) in [4.78, 5) is 21.7. The van der Waals surface area contributed by atoms with Crippen LogP contribution >= 0.6 is 0 Å². The molecule has 4 nitrogen and oxygen atoms in total. The molecule has 0 heterocycles. The van der Waals surface area contributed by atoms with Crippen LogP contribution in [0, 0.1) is 0 Å². The summed E-state index contributed by atoms with van der Waals surface area (Å²) in [5, 5.41) is 0. The third kappa shape index (κ3) is 8.08. The normalized spacial score (nSPS) is 8.77. The first kappa shape index (κ1) is 12.7. The van der Waals surface area contributed by atoms with Crippen LogP contribution < -0.4 is 0 Å². The van der Waals surface area contributed by atoms with Crippen LogP contribution in [-0.4, -0.2) is 46.3 Å². The predicted molar refractivity (Wildman–Crippen MR) is 48.6 cm³/mol. The molecule has 0 aromatic rings. The van der Waals surface area contributed by atoms with Gasteiger partial charge in [-0.2, -0.15) is 0 Å². The molecule has 13 heavy (non-hydrogen) atoms. The van der Waals surface area contributed by atoms with Crippen LogP contribution in [-0.2, 0) is 19.1 Å². The van der Waals surface area contributed by atoms with Gasteiger partial charge in [0, 0.05) is 0 Å². The van der Waals surface area contributed by atoms with Crippen molar-refractivity contribution in [3.63, 3.8) is 0 Å². The molecule has 0 aliphatic heterocycles. The number of carbonyl (C=O) groups excluding carboxylic acids is 2. The third-order valence-electron chi connectivity index (χ3n) is 1.15. The zero-order valence-corrected chi connectivity index (χ0v) is 10.8. The van der Waals surface area contributed by atoms with Crippen molar-refractivity contribution in [2.45, 2.75) is 22.7 Å². The van der Waals surface area contributed by atoms with Gasteiger partial charge in [-0.25, -0.2) is 0 Å². The summed E-state index contributed by atoms with van der Waals surface area (Å²) in [6.45, 7) is 4.37. The van der Waals surface area contributed by atoms with E-state index in [1.54, 1.807) is 13.8 Å². The number of hydrogen-bond donors (Lipinski definition) is 0. The van der Waals surface area contributed by atoms with Gasteiger partial charge in [0.15, 0.2) is 0 Å². The fourth-order valence-corrected chi connectivity index (χ4v) is 2.80. The van der Waals surface area contributed by atoms with Gasteiger partial charge in [0.2, 0.25) is 0 Å². The van der Waals surface area contributed by atoms with E-state index >= 15 is 0 Å². The molecule has 0 radical (unpaired) electrons. The minimum atomic E-state index is -0.936. The van der Waals surface area contributed by atoms with Crippen molar-refractivity contribution >= 4 is 33.1 Å². The maximum atomic E-state index is 10.9. The Kier molecular flexibility index (Phi) is 8.17. The average Bonchev–Trinajstić information content (AvgIpc) is 2.05. The number of esters is 2. The van der Waals surface area contributed by atoms with Gasteiger partial charge >= 0.3 is 88.1 Å². The van der Waals surface area contributed by atoms with Gasteiger partial charge in [0.25, 0.3) is 0 Å². The van der Waals surface area contributed by atoms with E-state index in [9.17, 15) is 9.59 Å². The quantitative estimate of drug-likeness (QED) is 0.533. The zero-order valence-electron chi connectivity index (χ0n) is 7.96. The first-order valence-corrected chi connectivity index (χ1v) is 8.26. The monoisotopic (exact) mass is 294 g/mol. The van der Waals surface area contributed by atoms with Crippen LogP contribution in [0.25, 0.3) is 0 Å². The Labute approximate surface area is 88.2 Å². The Balaban J connectivity index is 3.33. The molecule has 0 atom stereocenters. The van der Waals surface area contributed by atoms with Crippen molar-refractivity contribution in [3.05, 3.63) is 0 Å². The van der Waals surface area contributed by atoms with E-state index in [0.717, 1.165) is 0 Å². The van der Waals surface area contributed by atoms with Gasteiger partial charge in [0.05, 0.1) is 0 Å². The number of hydrogen-bond acceptors (Lipinski definition) is 4. The van der Waals surface area contributed by atoms with E-state index in [0.29, 0.717) is 22.1 Å². The predicted octanol–water partition coefficient (Wildman–Crippen LogP) is 0.653. The molecular weight excluding hydrogens is 279 g/mol. The molecule has 0 unspecified atom stereocenters. The Morgan fingerprint density at radius 1 is 1.00 bits per heavy atom. The van der Waals surface area contributed by atoms with Crippen LogP contribution in [0.3, 0.4) is 0 Å². The van der Waals surface area contributed by atoms with E-state index in [4.69, 9.17) is 9.47 Å². The van der Waals surface area contributed by atoms with Gasteiger partial charge < -0.3 is 0 Å². The van der Waals surface area contributed by atoms with Crippen LogP contribution in [0.4, 0.5) is 0 Å². The van der Waals surface area contributed by atoms with Crippen molar-refractivity contribution in [1.82, 2.24) is 0 Å². The minimum absolute atomic E-state index is 0.182. The number of ether oxygens (including phenoxy) is 2. The Bertz CT molecular complexity index is 152. The van der Waals surface area contributed by atoms with Gasteiger partial charge in [-0.3, -0.25) is 0 Å². The fraction of sp³-hybridized carbons (Fsp3) is 0.750. The van der Waals surface area contributed by atoms with E-state index < -0.39 is 21.1 Å². The van der Waals surface area contributed by atoms with Crippen LogP contribution in [0.5, 0.6) is 0 Å². The Hall–Kier alpha value is -0.261. The molecule has 0 aromatic carbocycles. The molecule has 0 fully saturated rings. The second-order valence-electron chi connectivity index (χ2n) is 2.21. The van der Waals surface area contributed by atoms with Crippen LogP contribution in [0.1, 0.15) is 13.8 Å². The molecule has 72 valence electrons. The van der Waals surface area contributed by atoms with Crippen molar-refractivity contribution in [3.8, 4) is 0 Å². The van der Waals surface area contributed by atoms with Gasteiger partial charge in [-0.15, -0.1) is 0 Å². The number of rotatable bonds is 6. The molecule has 0 aliphatic carbocycles. The van der Waals surface area contributed by atoms with E-state index in [-0.39, 0.29) is 11.9 Å². The molecule has 0 N–H and O–H groups in total. The van der Waals surface area contributed by atoms with E-state index in [2.05, 4.69) is 0 Å². The topological polar surface area (TPSA) is 52.6 Å². The summed E-state index contributed by atoms with van der Waals surface area (Å²) in [5.41, 5.74) is 0. The van der Waals surface area contributed by atoms with Crippen molar-refractivity contribution < 1.29 is 19.1 Å². The maximum absolute atomic E-state index is 10.9. The fourth-order valence-electron chi connectivity index (χ4n) is 0.691. The van der Waals surface area contributed by atoms with E-state index in [1.807, 2.05) is 0 Å². The first-order valence-electron chi connectivity index (χ1n) is 4.22. The second kappa shape index (κ2) is 8.34. The number of carbonyl (C=O) groups is 2. The second-order valence-corrected chi connectivity index (χ2v) is 5.66. The Morgan fingerprint density at radius 3 is 1.69 bits per heavy atom. The summed E-state index contributed by atoms with van der Waals surface area (Å²) >= 11 is -0.936. The van der Waals surface area contributed by atoms with Crippen LogP contribution in [0.2, 0.25) is 8.87 Å².